The van der Waals surface area contributed by atoms with Crippen LogP contribution in [0.25, 0.3) is 0 Å². The van der Waals surface area contributed by atoms with Crippen molar-refractivity contribution in [1.29, 1.82) is 0 Å². The van der Waals surface area contributed by atoms with E-state index in [0.717, 1.165) is 44.9 Å². The number of carbonyl (C=O) groups is 1. The summed E-state index contributed by atoms with van der Waals surface area (Å²) < 4.78 is 0. The van der Waals surface area contributed by atoms with E-state index >= 15 is 0 Å². The summed E-state index contributed by atoms with van der Waals surface area (Å²) in [4.78, 5) is 14.3. The molecule has 1 aliphatic rings. The van der Waals surface area contributed by atoms with Crippen LogP contribution in [0.15, 0.2) is 0 Å². The number of nitrogens with one attached hydrogen (secondary N) is 2. The molecule has 0 aromatic rings. The first-order valence-corrected chi connectivity index (χ1v) is 8.63. The van der Waals surface area contributed by atoms with Gasteiger partial charge in [0.25, 0.3) is 0 Å². The van der Waals surface area contributed by atoms with Crippen molar-refractivity contribution in [2.75, 3.05) is 44.2 Å². The third-order valence-corrected chi connectivity index (χ3v) is 4.75. The number of amides is 1. The lowest BCUT2D eigenvalue weighted by atomic mass is 9.95. The van der Waals surface area contributed by atoms with Gasteiger partial charge in [-0.1, -0.05) is 20.8 Å². The molecule has 5 heteroatoms. The van der Waals surface area contributed by atoms with Gasteiger partial charge in [-0.25, -0.2) is 0 Å². The molecular formula is C14H29N3OS. The Bertz CT molecular complexity index is 259. The zero-order chi connectivity index (χ0) is 14.1. The van der Waals surface area contributed by atoms with Gasteiger partial charge in [0, 0.05) is 18.3 Å². The van der Waals surface area contributed by atoms with Crippen molar-refractivity contribution in [2.45, 2.75) is 33.2 Å². The molecule has 0 aliphatic carbocycles. The normalized spacial score (nSPS) is 23.6. The maximum absolute atomic E-state index is 11.9. The fourth-order valence-electron chi connectivity index (χ4n) is 2.38. The summed E-state index contributed by atoms with van der Waals surface area (Å²) in [6.45, 7) is 11.9. The van der Waals surface area contributed by atoms with Gasteiger partial charge in [-0.15, -0.1) is 0 Å². The topological polar surface area (TPSA) is 44.4 Å². The molecule has 0 aromatic carbocycles. The molecule has 19 heavy (non-hydrogen) atoms. The van der Waals surface area contributed by atoms with E-state index < -0.39 is 0 Å². The predicted molar refractivity (Wildman–Crippen MR) is 83.7 cm³/mol. The van der Waals surface area contributed by atoms with Crippen LogP contribution in [0, 0.1) is 5.92 Å². The van der Waals surface area contributed by atoms with Crippen LogP contribution in [0.2, 0.25) is 0 Å². The number of nitrogens with zero attached hydrogens (tertiary/aromatic N) is 1. The molecule has 2 atom stereocenters. The van der Waals surface area contributed by atoms with Crippen molar-refractivity contribution < 1.29 is 4.79 Å². The van der Waals surface area contributed by atoms with E-state index in [-0.39, 0.29) is 5.91 Å². The Balaban J connectivity index is 2.10. The number of thioether (sulfide) groups is 1. The van der Waals surface area contributed by atoms with Crippen LogP contribution < -0.4 is 10.6 Å². The van der Waals surface area contributed by atoms with Crippen LogP contribution in [-0.4, -0.2) is 61.1 Å². The van der Waals surface area contributed by atoms with Crippen LogP contribution in [-0.2, 0) is 4.79 Å². The summed E-state index contributed by atoms with van der Waals surface area (Å²) in [6.07, 6.45) is 1.05. The summed E-state index contributed by atoms with van der Waals surface area (Å²) in [6, 6.07) is 0.358. The molecule has 1 rings (SSSR count). The Hall–Kier alpha value is -0.260. The van der Waals surface area contributed by atoms with E-state index in [1.165, 1.54) is 0 Å². The SMILES string of the molecule is CCN(CC)CCSCC(=O)NC1CCNCC1C. The molecule has 0 radical (unpaired) electrons. The predicted octanol–water partition coefficient (Wildman–Crippen LogP) is 1.18. The number of rotatable bonds is 8. The molecule has 4 nitrogen and oxygen atoms in total. The summed E-state index contributed by atoms with van der Waals surface area (Å²) in [5.74, 6) is 2.37. The van der Waals surface area contributed by atoms with E-state index in [4.69, 9.17) is 0 Å². The van der Waals surface area contributed by atoms with Gasteiger partial charge in [0.2, 0.25) is 5.91 Å². The van der Waals surface area contributed by atoms with Crippen molar-refractivity contribution >= 4 is 17.7 Å². The molecule has 112 valence electrons. The second-order valence-electron chi connectivity index (χ2n) is 5.22. The summed E-state index contributed by atoms with van der Waals surface area (Å²) in [5, 5.41) is 6.52. The first-order valence-electron chi connectivity index (χ1n) is 7.47. The monoisotopic (exact) mass is 287 g/mol. The van der Waals surface area contributed by atoms with E-state index in [1.807, 2.05) is 0 Å². The average molecular weight is 287 g/mol. The fourth-order valence-corrected chi connectivity index (χ4v) is 3.18. The minimum absolute atomic E-state index is 0.197. The highest BCUT2D eigenvalue weighted by molar-refractivity contribution is 7.99. The Morgan fingerprint density at radius 1 is 1.42 bits per heavy atom. The molecular weight excluding hydrogens is 258 g/mol. The molecule has 0 saturated carbocycles. The quantitative estimate of drug-likeness (QED) is 0.658. The second kappa shape index (κ2) is 9.61. The smallest absolute Gasteiger partial charge is 0.230 e. The second-order valence-corrected chi connectivity index (χ2v) is 6.33. The van der Waals surface area contributed by atoms with Gasteiger partial charge in [0.1, 0.15) is 0 Å². The van der Waals surface area contributed by atoms with Gasteiger partial charge in [-0.05, 0) is 38.5 Å². The highest BCUT2D eigenvalue weighted by Crippen LogP contribution is 2.10. The highest BCUT2D eigenvalue weighted by atomic mass is 32.2. The van der Waals surface area contributed by atoms with Crippen molar-refractivity contribution in [3.63, 3.8) is 0 Å². The maximum Gasteiger partial charge on any atom is 0.230 e. The Kier molecular flexibility index (Phi) is 8.50. The van der Waals surface area contributed by atoms with Gasteiger partial charge < -0.3 is 15.5 Å². The molecule has 2 N–H and O–H groups in total. The van der Waals surface area contributed by atoms with Gasteiger partial charge in [-0.2, -0.15) is 11.8 Å². The molecule has 1 heterocycles. The standard InChI is InChI=1S/C14H29N3OS/c1-4-17(5-2)8-9-19-11-14(18)16-13-6-7-15-10-12(13)3/h12-13,15H,4-11H2,1-3H3,(H,16,18). The molecule has 0 bridgehead atoms. The lowest BCUT2D eigenvalue weighted by Gasteiger charge is -2.30. The van der Waals surface area contributed by atoms with Crippen molar-refractivity contribution in [3.05, 3.63) is 0 Å². The number of hydrogen-bond acceptors (Lipinski definition) is 4. The summed E-state index contributed by atoms with van der Waals surface area (Å²) in [7, 11) is 0. The third kappa shape index (κ3) is 6.63. The van der Waals surface area contributed by atoms with Crippen molar-refractivity contribution in [1.82, 2.24) is 15.5 Å². The zero-order valence-electron chi connectivity index (χ0n) is 12.6. The van der Waals surface area contributed by atoms with Crippen molar-refractivity contribution in [3.8, 4) is 0 Å². The minimum Gasteiger partial charge on any atom is -0.352 e. The van der Waals surface area contributed by atoms with E-state index in [9.17, 15) is 4.79 Å². The summed E-state index contributed by atoms with van der Waals surface area (Å²) in [5.41, 5.74) is 0. The summed E-state index contributed by atoms with van der Waals surface area (Å²) >= 11 is 1.74. The van der Waals surface area contributed by atoms with Crippen LogP contribution in [0.1, 0.15) is 27.2 Å². The Labute approximate surface area is 122 Å². The van der Waals surface area contributed by atoms with Gasteiger partial charge >= 0.3 is 0 Å². The van der Waals surface area contributed by atoms with Gasteiger partial charge in [0.05, 0.1) is 5.75 Å². The van der Waals surface area contributed by atoms with Crippen LogP contribution in [0.5, 0.6) is 0 Å². The fraction of sp³-hybridized carbons (Fsp3) is 0.929. The molecule has 1 saturated heterocycles. The van der Waals surface area contributed by atoms with Crippen LogP contribution in [0.4, 0.5) is 0 Å². The Morgan fingerprint density at radius 3 is 2.79 bits per heavy atom. The molecule has 0 spiro atoms. The van der Waals surface area contributed by atoms with Crippen LogP contribution >= 0.6 is 11.8 Å². The maximum atomic E-state index is 11.9. The molecule has 0 aromatic heterocycles. The van der Waals surface area contributed by atoms with Crippen LogP contribution in [0.3, 0.4) is 0 Å². The van der Waals surface area contributed by atoms with Gasteiger partial charge in [0.15, 0.2) is 0 Å². The molecule has 2 unspecified atom stereocenters. The first-order chi connectivity index (χ1) is 9.17. The zero-order valence-corrected chi connectivity index (χ0v) is 13.4. The van der Waals surface area contributed by atoms with Crippen molar-refractivity contribution in [2.24, 2.45) is 5.92 Å². The van der Waals surface area contributed by atoms with E-state index in [0.29, 0.717) is 17.7 Å². The average Bonchev–Trinajstić information content (AvgIpc) is 2.42. The lowest BCUT2D eigenvalue weighted by Crippen LogP contribution is -2.48. The molecule has 1 fully saturated rings. The Morgan fingerprint density at radius 2 is 2.16 bits per heavy atom. The first kappa shape index (κ1) is 16.8. The largest absolute Gasteiger partial charge is 0.352 e. The minimum atomic E-state index is 0.197. The van der Waals surface area contributed by atoms with E-state index in [2.05, 4.69) is 36.3 Å². The number of hydrogen-bond donors (Lipinski definition) is 2. The highest BCUT2D eigenvalue weighted by Gasteiger charge is 2.22. The number of carbonyl (C=O) groups excluding carboxylic acids is 1. The van der Waals surface area contributed by atoms with E-state index in [1.54, 1.807) is 11.8 Å². The lowest BCUT2D eigenvalue weighted by molar-refractivity contribution is -0.119. The number of piperidine rings is 1. The molecule has 1 amide bonds. The molecule has 1 aliphatic heterocycles. The third-order valence-electron chi connectivity index (χ3n) is 3.81. The van der Waals surface area contributed by atoms with Gasteiger partial charge in [-0.3, -0.25) is 4.79 Å².